The predicted octanol–water partition coefficient (Wildman–Crippen LogP) is 3.01. The monoisotopic (exact) mass is 317 g/mol. The van der Waals surface area contributed by atoms with E-state index < -0.39 is 18.2 Å². The minimum absolute atomic E-state index is 0.0368. The molecule has 1 N–H and O–H groups in total. The minimum Gasteiger partial charge on any atom is -0.491 e. The van der Waals surface area contributed by atoms with Crippen molar-refractivity contribution in [2.45, 2.75) is 32.0 Å². The third-order valence-electron chi connectivity index (χ3n) is 3.96. The summed E-state index contributed by atoms with van der Waals surface area (Å²) >= 11 is 0. The van der Waals surface area contributed by atoms with Crippen LogP contribution < -0.4 is 4.74 Å². The molecular formula is C16H22F3NO2. The Bertz CT molecular complexity index is 479. The van der Waals surface area contributed by atoms with Crippen LogP contribution in [0.4, 0.5) is 13.2 Å². The van der Waals surface area contributed by atoms with Crippen LogP contribution in [0.25, 0.3) is 0 Å². The zero-order chi connectivity index (χ0) is 16.2. The van der Waals surface area contributed by atoms with Crippen LogP contribution in [0.3, 0.4) is 0 Å². The van der Waals surface area contributed by atoms with Gasteiger partial charge in [-0.1, -0.05) is 18.2 Å². The van der Waals surface area contributed by atoms with Crippen molar-refractivity contribution < 1.29 is 23.0 Å². The number of piperidine rings is 1. The molecule has 0 saturated carbocycles. The van der Waals surface area contributed by atoms with E-state index in [1.54, 1.807) is 4.90 Å². The van der Waals surface area contributed by atoms with Gasteiger partial charge in [-0.25, -0.2) is 0 Å². The van der Waals surface area contributed by atoms with Gasteiger partial charge in [0.05, 0.1) is 5.92 Å². The first kappa shape index (κ1) is 17.1. The van der Waals surface area contributed by atoms with Crippen LogP contribution in [-0.2, 0) is 0 Å². The summed E-state index contributed by atoms with van der Waals surface area (Å²) in [6.07, 6.45) is -4.27. The molecule has 1 aliphatic rings. The molecule has 1 aromatic rings. The van der Waals surface area contributed by atoms with Crippen LogP contribution in [-0.4, -0.2) is 48.5 Å². The lowest BCUT2D eigenvalue weighted by atomic mass is 9.97. The van der Waals surface area contributed by atoms with Gasteiger partial charge in [0, 0.05) is 13.1 Å². The second-order valence-corrected chi connectivity index (χ2v) is 5.87. The van der Waals surface area contributed by atoms with Crippen molar-refractivity contribution in [1.82, 2.24) is 4.90 Å². The molecule has 2 rings (SSSR count). The molecule has 1 fully saturated rings. The lowest BCUT2D eigenvalue weighted by molar-refractivity contribution is -0.187. The maximum Gasteiger partial charge on any atom is 0.393 e. The number of aryl methyl sites for hydroxylation is 1. The maximum absolute atomic E-state index is 12.8. The van der Waals surface area contributed by atoms with Crippen LogP contribution in [0.2, 0.25) is 0 Å². The number of alkyl halides is 3. The van der Waals surface area contributed by atoms with Gasteiger partial charge in [-0.05, 0) is 37.9 Å². The average molecular weight is 317 g/mol. The third kappa shape index (κ3) is 4.88. The predicted molar refractivity (Wildman–Crippen MR) is 77.9 cm³/mol. The fourth-order valence-corrected chi connectivity index (χ4v) is 2.74. The van der Waals surface area contributed by atoms with E-state index in [0.717, 1.165) is 5.56 Å². The van der Waals surface area contributed by atoms with Gasteiger partial charge < -0.3 is 14.7 Å². The van der Waals surface area contributed by atoms with Crippen molar-refractivity contribution >= 4 is 0 Å². The van der Waals surface area contributed by atoms with E-state index in [9.17, 15) is 18.3 Å². The number of benzene rings is 1. The number of rotatable bonds is 5. The number of halogens is 3. The molecule has 3 nitrogen and oxygen atoms in total. The van der Waals surface area contributed by atoms with Crippen LogP contribution in [0, 0.1) is 12.8 Å². The first-order valence-corrected chi connectivity index (χ1v) is 7.52. The SMILES string of the molecule is Cc1ccccc1OC[C@H](O)CN1CCC[C@@H](C(F)(F)F)C1. The Morgan fingerprint density at radius 1 is 1.36 bits per heavy atom. The molecule has 1 aliphatic heterocycles. The highest BCUT2D eigenvalue weighted by Crippen LogP contribution is 2.33. The number of aliphatic hydroxyl groups excluding tert-OH is 1. The van der Waals surface area contributed by atoms with E-state index in [1.165, 1.54) is 0 Å². The lowest BCUT2D eigenvalue weighted by Gasteiger charge is -2.34. The molecule has 0 unspecified atom stereocenters. The minimum atomic E-state index is -4.15. The van der Waals surface area contributed by atoms with Crippen molar-refractivity contribution in [3.63, 3.8) is 0 Å². The van der Waals surface area contributed by atoms with Crippen molar-refractivity contribution in [3.05, 3.63) is 29.8 Å². The van der Waals surface area contributed by atoms with E-state index in [-0.39, 0.29) is 26.1 Å². The average Bonchev–Trinajstić information content (AvgIpc) is 2.46. The number of hydrogen-bond acceptors (Lipinski definition) is 3. The zero-order valence-corrected chi connectivity index (χ0v) is 12.6. The van der Waals surface area contributed by atoms with E-state index >= 15 is 0 Å². The van der Waals surface area contributed by atoms with Crippen molar-refractivity contribution in [3.8, 4) is 5.75 Å². The summed E-state index contributed by atoms with van der Waals surface area (Å²) in [7, 11) is 0. The molecule has 0 amide bonds. The largest absolute Gasteiger partial charge is 0.491 e. The van der Waals surface area contributed by atoms with Crippen LogP contribution in [0.5, 0.6) is 5.75 Å². The third-order valence-corrected chi connectivity index (χ3v) is 3.96. The van der Waals surface area contributed by atoms with Gasteiger partial charge >= 0.3 is 6.18 Å². The molecule has 1 saturated heterocycles. The van der Waals surface area contributed by atoms with E-state index in [2.05, 4.69) is 0 Å². The molecule has 0 spiro atoms. The molecule has 2 atom stereocenters. The van der Waals surface area contributed by atoms with Gasteiger partial charge in [-0.15, -0.1) is 0 Å². The Labute approximate surface area is 128 Å². The zero-order valence-electron chi connectivity index (χ0n) is 12.6. The molecule has 6 heteroatoms. The molecule has 124 valence electrons. The number of likely N-dealkylation sites (tertiary alicyclic amines) is 1. The highest BCUT2D eigenvalue weighted by atomic mass is 19.4. The normalized spacial score (nSPS) is 21.6. The summed E-state index contributed by atoms with van der Waals surface area (Å²) in [5.41, 5.74) is 0.963. The molecule has 0 aromatic heterocycles. The molecule has 0 bridgehead atoms. The smallest absolute Gasteiger partial charge is 0.393 e. The molecule has 22 heavy (non-hydrogen) atoms. The van der Waals surface area contributed by atoms with E-state index in [4.69, 9.17) is 4.74 Å². The summed E-state index contributed by atoms with van der Waals surface area (Å²) < 4.78 is 43.8. The quantitative estimate of drug-likeness (QED) is 0.906. The maximum atomic E-state index is 12.8. The molecule has 0 aliphatic carbocycles. The van der Waals surface area contributed by atoms with Crippen LogP contribution in [0.1, 0.15) is 18.4 Å². The highest BCUT2D eigenvalue weighted by molar-refractivity contribution is 5.31. The van der Waals surface area contributed by atoms with Crippen molar-refractivity contribution in [2.24, 2.45) is 5.92 Å². The molecule has 1 heterocycles. The van der Waals surface area contributed by atoms with Gasteiger partial charge in [0.2, 0.25) is 0 Å². The van der Waals surface area contributed by atoms with Crippen molar-refractivity contribution in [1.29, 1.82) is 0 Å². The Hall–Kier alpha value is -1.27. The van der Waals surface area contributed by atoms with Gasteiger partial charge in [-0.2, -0.15) is 13.2 Å². The second-order valence-electron chi connectivity index (χ2n) is 5.87. The topological polar surface area (TPSA) is 32.7 Å². The standard InChI is InChI=1S/C16H22F3NO2/c1-12-5-2-3-7-15(12)22-11-14(21)10-20-8-4-6-13(9-20)16(17,18)19/h2-3,5,7,13-14,21H,4,6,8-11H2,1H3/t13-,14-/m1/s1. The number of aliphatic hydroxyl groups is 1. The Morgan fingerprint density at radius 2 is 2.09 bits per heavy atom. The number of ether oxygens (including phenoxy) is 1. The molecular weight excluding hydrogens is 295 g/mol. The lowest BCUT2D eigenvalue weighted by Crippen LogP contribution is -2.45. The van der Waals surface area contributed by atoms with Crippen LogP contribution in [0.15, 0.2) is 24.3 Å². The first-order chi connectivity index (χ1) is 10.4. The van der Waals surface area contributed by atoms with E-state index in [1.807, 2.05) is 31.2 Å². The summed E-state index contributed by atoms with van der Waals surface area (Å²) in [6.45, 7) is 2.75. The van der Waals surface area contributed by atoms with Gasteiger partial charge in [-0.3, -0.25) is 0 Å². The van der Waals surface area contributed by atoms with Gasteiger partial charge in [0.1, 0.15) is 18.5 Å². The summed E-state index contributed by atoms with van der Waals surface area (Å²) in [6, 6.07) is 7.44. The molecule has 0 radical (unpaired) electrons. The fourth-order valence-electron chi connectivity index (χ4n) is 2.74. The Kier molecular flexibility index (Phi) is 5.69. The summed E-state index contributed by atoms with van der Waals surface area (Å²) in [4.78, 5) is 1.67. The van der Waals surface area contributed by atoms with Gasteiger partial charge in [0.15, 0.2) is 0 Å². The molecule has 1 aromatic carbocycles. The highest BCUT2D eigenvalue weighted by Gasteiger charge is 2.41. The van der Waals surface area contributed by atoms with E-state index in [0.29, 0.717) is 18.7 Å². The van der Waals surface area contributed by atoms with Crippen molar-refractivity contribution in [2.75, 3.05) is 26.2 Å². The second kappa shape index (κ2) is 7.33. The first-order valence-electron chi connectivity index (χ1n) is 7.52. The fraction of sp³-hybridized carbons (Fsp3) is 0.625. The Balaban J connectivity index is 1.79. The number of hydrogen-bond donors (Lipinski definition) is 1. The number of β-amino-alcohol motifs (C(OH)–C–C–N with tert-alkyl or cyclic N) is 1. The summed E-state index contributed by atoms with van der Waals surface area (Å²) in [5.74, 6) is -0.598. The van der Waals surface area contributed by atoms with Gasteiger partial charge in [0.25, 0.3) is 0 Å². The Morgan fingerprint density at radius 3 is 2.77 bits per heavy atom. The number of para-hydroxylation sites is 1. The van der Waals surface area contributed by atoms with Crippen LogP contribution >= 0.6 is 0 Å². The number of nitrogens with zero attached hydrogens (tertiary/aromatic N) is 1. The summed E-state index contributed by atoms with van der Waals surface area (Å²) in [5, 5.41) is 9.99.